The number of carbonyl (C=O) groups is 1. The van der Waals surface area contributed by atoms with Crippen LogP contribution < -0.4 is 16.0 Å². The third-order valence-electron chi connectivity index (χ3n) is 3.59. The van der Waals surface area contributed by atoms with Gasteiger partial charge in [-0.3, -0.25) is 4.79 Å². The second kappa shape index (κ2) is 7.33. The van der Waals surface area contributed by atoms with Crippen molar-refractivity contribution in [2.24, 2.45) is 0 Å². The van der Waals surface area contributed by atoms with Crippen LogP contribution in [0.3, 0.4) is 0 Å². The molecule has 0 saturated carbocycles. The number of nitrogens with zero attached hydrogens (tertiary/aromatic N) is 2. The predicted octanol–water partition coefficient (Wildman–Crippen LogP) is 0.143. The van der Waals surface area contributed by atoms with E-state index in [1.54, 1.807) is 0 Å². The van der Waals surface area contributed by atoms with Crippen molar-refractivity contribution < 1.29 is 9.90 Å². The molecule has 0 radical (unpaired) electrons. The third-order valence-corrected chi connectivity index (χ3v) is 3.59. The van der Waals surface area contributed by atoms with Crippen LogP contribution in [0.1, 0.15) is 36.5 Å². The van der Waals surface area contributed by atoms with Crippen LogP contribution in [0.25, 0.3) is 0 Å². The molecule has 1 aliphatic heterocycles. The van der Waals surface area contributed by atoms with Gasteiger partial charge in [0.25, 0.3) is 5.91 Å². The lowest BCUT2D eigenvalue weighted by Gasteiger charge is -2.26. The molecule has 1 aliphatic rings. The molecule has 116 valence electrons. The van der Waals surface area contributed by atoms with Crippen molar-refractivity contribution in [3.05, 3.63) is 18.0 Å². The Bertz CT molecular complexity index is 455. The van der Waals surface area contributed by atoms with Crippen molar-refractivity contribution in [2.45, 2.75) is 31.8 Å². The maximum absolute atomic E-state index is 12.0. The number of anilines is 1. The molecule has 1 atom stereocenters. The normalized spacial score (nSPS) is 22.4. The summed E-state index contributed by atoms with van der Waals surface area (Å²) in [6.45, 7) is 4.62. The molecule has 0 aromatic carbocycles. The highest BCUT2D eigenvalue weighted by Gasteiger charge is 2.28. The minimum atomic E-state index is -0.830. The second-order valence-corrected chi connectivity index (χ2v) is 5.34. The lowest BCUT2D eigenvalue weighted by Crippen LogP contribution is -2.43. The molecule has 21 heavy (non-hydrogen) atoms. The molecular formula is C14H23N5O2. The molecule has 4 N–H and O–H groups in total. The van der Waals surface area contributed by atoms with Gasteiger partial charge in [0, 0.05) is 25.5 Å². The summed E-state index contributed by atoms with van der Waals surface area (Å²) in [5.74, 6) is 0.242. The summed E-state index contributed by atoms with van der Waals surface area (Å²) in [6, 6.07) is 0. The van der Waals surface area contributed by atoms with E-state index in [0.29, 0.717) is 24.4 Å². The van der Waals surface area contributed by atoms with Crippen LogP contribution in [-0.4, -0.2) is 52.8 Å². The first-order valence-electron chi connectivity index (χ1n) is 7.40. The standard InChI is InChI=1S/C14H23N5O2/c1-2-16-13-17-8-11(9-18-13)12(20)19-10-14(21)4-3-6-15-7-5-14/h8-9,15,21H,2-7,10H2,1H3,(H,19,20)(H,16,17,18). The Kier molecular flexibility index (Phi) is 5.46. The molecule has 1 amide bonds. The van der Waals surface area contributed by atoms with Crippen molar-refractivity contribution in [3.8, 4) is 0 Å². The van der Waals surface area contributed by atoms with E-state index in [4.69, 9.17) is 0 Å². The van der Waals surface area contributed by atoms with Gasteiger partial charge in [0.15, 0.2) is 0 Å². The Morgan fingerprint density at radius 3 is 2.86 bits per heavy atom. The zero-order valence-electron chi connectivity index (χ0n) is 12.4. The summed E-state index contributed by atoms with van der Waals surface area (Å²) in [6.07, 6.45) is 5.21. The SMILES string of the molecule is CCNc1ncc(C(=O)NCC2(O)CCCNCC2)cn1. The number of hydrogen-bond donors (Lipinski definition) is 4. The molecule has 1 aromatic heterocycles. The van der Waals surface area contributed by atoms with Crippen LogP contribution in [0.15, 0.2) is 12.4 Å². The summed E-state index contributed by atoms with van der Waals surface area (Å²) in [4.78, 5) is 20.2. The number of carbonyl (C=O) groups excluding carboxylic acids is 1. The Morgan fingerprint density at radius 1 is 1.38 bits per heavy atom. The molecule has 0 bridgehead atoms. The highest BCUT2D eigenvalue weighted by atomic mass is 16.3. The summed E-state index contributed by atoms with van der Waals surface area (Å²) >= 11 is 0. The molecule has 1 saturated heterocycles. The van der Waals surface area contributed by atoms with Crippen molar-refractivity contribution in [2.75, 3.05) is 31.5 Å². The molecule has 2 heterocycles. The number of rotatable bonds is 5. The molecule has 1 fully saturated rings. The number of aromatic nitrogens is 2. The van der Waals surface area contributed by atoms with Crippen LogP contribution in [0.4, 0.5) is 5.95 Å². The Labute approximate surface area is 124 Å². The Hall–Kier alpha value is -1.73. The summed E-state index contributed by atoms with van der Waals surface area (Å²) in [7, 11) is 0. The van der Waals surface area contributed by atoms with Gasteiger partial charge in [-0.2, -0.15) is 0 Å². The van der Waals surface area contributed by atoms with Crippen molar-refractivity contribution in [3.63, 3.8) is 0 Å². The maximum Gasteiger partial charge on any atom is 0.254 e. The van der Waals surface area contributed by atoms with Gasteiger partial charge in [-0.25, -0.2) is 9.97 Å². The van der Waals surface area contributed by atoms with Crippen LogP contribution in [0.2, 0.25) is 0 Å². The molecule has 0 spiro atoms. The van der Waals surface area contributed by atoms with Crippen molar-refractivity contribution in [1.29, 1.82) is 0 Å². The van der Waals surface area contributed by atoms with E-state index < -0.39 is 5.60 Å². The van der Waals surface area contributed by atoms with Gasteiger partial charge in [0.2, 0.25) is 5.95 Å². The molecule has 7 heteroatoms. The van der Waals surface area contributed by atoms with Gasteiger partial charge in [0.1, 0.15) is 0 Å². The fourth-order valence-corrected chi connectivity index (χ4v) is 2.33. The summed E-state index contributed by atoms with van der Waals surface area (Å²) in [5.41, 5.74) is -0.434. The molecule has 7 nitrogen and oxygen atoms in total. The fraction of sp³-hybridized carbons (Fsp3) is 0.643. The van der Waals surface area contributed by atoms with Crippen molar-refractivity contribution in [1.82, 2.24) is 20.6 Å². The highest BCUT2D eigenvalue weighted by Crippen LogP contribution is 2.18. The summed E-state index contributed by atoms with van der Waals surface area (Å²) < 4.78 is 0. The van der Waals surface area contributed by atoms with Crippen LogP contribution >= 0.6 is 0 Å². The van der Waals surface area contributed by atoms with E-state index in [1.807, 2.05) is 6.92 Å². The van der Waals surface area contributed by atoms with E-state index in [9.17, 15) is 9.90 Å². The maximum atomic E-state index is 12.0. The Balaban J connectivity index is 1.88. The van der Waals surface area contributed by atoms with E-state index in [0.717, 1.165) is 26.1 Å². The molecule has 2 rings (SSSR count). The number of aliphatic hydroxyl groups is 1. The van der Waals surface area contributed by atoms with Crippen molar-refractivity contribution >= 4 is 11.9 Å². The predicted molar refractivity (Wildman–Crippen MR) is 80.2 cm³/mol. The van der Waals surface area contributed by atoms with E-state index in [1.165, 1.54) is 12.4 Å². The lowest BCUT2D eigenvalue weighted by molar-refractivity contribution is 0.0275. The van der Waals surface area contributed by atoms with Gasteiger partial charge in [-0.1, -0.05) is 0 Å². The van der Waals surface area contributed by atoms with E-state index >= 15 is 0 Å². The summed E-state index contributed by atoms with van der Waals surface area (Å²) in [5, 5.41) is 19.4. The second-order valence-electron chi connectivity index (χ2n) is 5.34. The smallest absolute Gasteiger partial charge is 0.254 e. The highest BCUT2D eigenvalue weighted by molar-refractivity contribution is 5.93. The molecule has 1 aromatic rings. The van der Waals surface area contributed by atoms with Gasteiger partial charge in [-0.15, -0.1) is 0 Å². The van der Waals surface area contributed by atoms with Crippen LogP contribution in [0.5, 0.6) is 0 Å². The first-order chi connectivity index (χ1) is 10.1. The lowest BCUT2D eigenvalue weighted by atomic mass is 9.95. The van der Waals surface area contributed by atoms with E-state index in [-0.39, 0.29) is 12.5 Å². The quantitative estimate of drug-likeness (QED) is 0.616. The van der Waals surface area contributed by atoms with Gasteiger partial charge in [-0.05, 0) is 39.3 Å². The first kappa shape index (κ1) is 15.7. The fourth-order valence-electron chi connectivity index (χ4n) is 2.33. The zero-order chi connectivity index (χ0) is 15.1. The zero-order valence-corrected chi connectivity index (χ0v) is 12.4. The topological polar surface area (TPSA) is 99.2 Å². The minimum Gasteiger partial charge on any atom is -0.388 e. The minimum absolute atomic E-state index is 0.252. The van der Waals surface area contributed by atoms with Gasteiger partial charge < -0.3 is 21.1 Å². The van der Waals surface area contributed by atoms with Crippen LogP contribution in [-0.2, 0) is 0 Å². The number of amides is 1. The average Bonchev–Trinajstić information content (AvgIpc) is 2.71. The third kappa shape index (κ3) is 4.64. The molecular weight excluding hydrogens is 270 g/mol. The number of nitrogens with one attached hydrogen (secondary N) is 3. The average molecular weight is 293 g/mol. The van der Waals surface area contributed by atoms with Gasteiger partial charge >= 0.3 is 0 Å². The molecule has 1 unspecified atom stereocenters. The van der Waals surface area contributed by atoms with E-state index in [2.05, 4.69) is 25.9 Å². The Morgan fingerprint density at radius 2 is 2.14 bits per heavy atom. The first-order valence-corrected chi connectivity index (χ1v) is 7.40. The largest absolute Gasteiger partial charge is 0.388 e. The molecule has 0 aliphatic carbocycles. The van der Waals surface area contributed by atoms with Gasteiger partial charge in [0.05, 0.1) is 11.2 Å². The monoisotopic (exact) mass is 293 g/mol. The number of hydrogen-bond acceptors (Lipinski definition) is 6. The van der Waals surface area contributed by atoms with Crippen LogP contribution in [0, 0.1) is 0 Å².